The number of alkyl halides is 2. The van der Waals surface area contributed by atoms with Gasteiger partial charge in [-0.25, -0.2) is 4.99 Å². The predicted octanol–water partition coefficient (Wildman–Crippen LogP) is 3.42. The maximum atomic E-state index is 12.8. The van der Waals surface area contributed by atoms with Gasteiger partial charge in [0.2, 0.25) is 6.79 Å². The summed E-state index contributed by atoms with van der Waals surface area (Å²) in [5.41, 5.74) is 0.499. The zero-order chi connectivity index (χ0) is 20.5. The Balaban J connectivity index is 0.00000420. The molecule has 2 rings (SSSR count). The summed E-state index contributed by atoms with van der Waals surface area (Å²) in [6.07, 6.45) is 0. The van der Waals surface area contributed by atoms with Crippen molar-refractivity contribution in [3.63, 3.8) is 0 Å². The minimum atomic E-state index is -2.93. The van der Waals surface area contributed by atoms with E-state index in [0.717, 1.165) is 19.6 Å². The Morgan fingerprint density at radius 2 is 1.90 bits per heavy atom. The highest BCUT2D eigenvalue weighted by molar-refractivity contribution is 14.0. The van der Waals surface area contributed by atoms with Gasteiger partial charge in [-0.15, -0.1) is 24.0 Å². The third-order valence-corrected chi connectivity index (χ3v) is 4.35. The number of likely N-dealkylation sites (N-methyl/N-ethyl adjacent to an activating group) is 1. The Morgan fingerprint density at radius 1 is 1.21 bits per heavy atom. The number of benzene rings is 1. The van der Waals surface area contributed by atoms with Crippen LogP contribution in [0.4, 0.5) is 8.78 Å². The summed E-state index contributed by atoms with van der Waals surface area (Å²) >= 11 is 0. The fourth-order valence-electron chi connectivity index (χ4n) is 2.90. The smallest absolute Gasteiger partial charge is 0.387 e. The molecule has 1 heterocycles. The van der Waals surface area contributed by atoms with Crippen LogP contribution < -0.4 is 24.8 Å². The third kappa shape index (κ3) is 8.00. The largest absolute Gasteiger partial charge is 0.454 e. The van der Waals surface area contributed by atoms with Crippen molar-refractivity contribution in [1.29, 1.82) is 0 Å². The van der Waals surface area contributed by atoms with Gasteiger partial charge in [0.25, 0.3) is 0 Å². The third-order valence-electron chi connectivity index (χ3n) is 4.35. The van der Waals surface area contributed by atoms with Crippen LogP contribution >= 0.6 is 24.0 Å². The molecule has 7 nitrogen and oxygen atoms in total. The van der Waals surface area contributed by atoms with Crippen molar-refractivity contribution in [2.24, 2.45) is 4.99 Å². The van der Waals surface area contributed by atoms with E-state index in [4.69, 9.17) is 9.47 Å². The fourth-order valence-corrected chi connectivity index (χ4v) is 2.90. The van der Waals surface area contributed by atoms with Crippen LogP contribution in [0.3, 0.4) is 0 Å². The van der Waals surface area contributed by atoms with Crippen LogP contribution in [0, 0.1) is 0 Å². The summed E-state index contributed by atoms with van der Waals surface area (Å²) < 4.78 is 40.7. The molecule has 0 amide bonds. The van der Waals surface area contributed by atoms with Crippen molar-refractivity contribution in [1.82, 2.24) is 15.5 Å². The predicted molar refractivity (Wildman–Crippen MR) is 120 cm³/mol. The van der Waals surface area contributed by atoms with Crippen molar-refractivity contribution >= 4 is 29.9 Å². The summed E-state index contributed by atoms with van der Waals surface area (Å²) in [5, 5.41) is 6.44. The number of halogens is 3. The van der Waals surface area contributed by atoms with E-state index in [2.05, 4.69) is 46.0 Å². The Morgan fingerprint density at radius 3 is 2.48 bits per heavy atom. The van der Waals surface area contributed by atoms with Crippen LogP contribution in [0.25, 0.3) is 0 Å². The Hall–Kier alpha value is -1.56. The lowest BCUT2D eigenvalue weighted by molar-refractivity contribution is -0.0505. The molecule has 0 radical (unpaired) electrons. The average Bonchev–Trinajstić information content (AvgIpc) is 3.09. The van der Waals surface area contributed by atoms with E-state index in [9.17, 15) is 8.78 Å². The minimum Gasteiger partial charge on any atom is -0.454 e. The molecular weight excluding hydrogens is 497 g/mol. The second kappa shape index (κ2) is 12.9. The topological polar surface area (TPSA) is 67.4 Å². The lowest BCUT2D eigenvalue weighted by atomic mass is 10.1. The first-order valence-electron chi connectivity index (χ1n) is 9.58. The molecule has 1 aromatic rings. The zero-order valence-corrected chi connectivity index (χ0v) is 19.7. The van der Waals surface area contributed by atoms with E-state index in [1.165, 1.54) is 6.07 Å². The van der Waals surface area contributed by atoms with E-state index in [1.54, 1.807) is 6.07 Å². The number of ether oxygens (including phenoxy) is 3. The Kier molecular flexibility index (Phi) is 11.3. The van der Waals surface area contributed by atoms with Gasteiger partial charge >= 0.3 is 6.61 Å². The minimum absolute atomic E-state index is 0. The summed E-state index contributed by atoms with van der Waals surface area (Å²) in [6, 6.07) is 3.51. The van der Waals surface area contributed by atoms with Crippen molar-refractivity contribution in [3.05, 3.63) is 17.7 Å². The van der Waals surface area contributed by atoms with Crippen molar-refractivity contribution in [2.45, 2.75) is 46.9 Å². The lowest BCUT2D eigenvalue weighted by Gasteiger charge is -2.25. The summed E-state index contributed by atoms with van der Waals surface area (Å²) in [7, 11) is 0. The van der Waals surface area contributed by atoms with E-state index in [0.29, 0.717) is 35.6 Å². The zero-order valence-electron chi connectivity index (χ0n) is 17.3. The number of hydrogen-bond donors (Lipinski definition) is 2. The van der Waals surface area contributed by atoms with Gasteiger partial charge in [-0.3, -0.25) is 4.90 Å². The quantitative estimate of drug-likeness (QED) is 0.276. The number of nitrogens with one attached hydrogen (secondary N) is 2. The van der Waals surface area contributed by atoms with Gasteiger partial charge in [-0.2, -0.15) is 8.78 Å². The van der Waals surface area contributed by atoms with E-state index < -0.39 is 6.61 Å². The van der Waals surface area contributed by atoms with Crippen LogP contribution in [0.5, 0.6) is 17.2 Å². The van der Waals surface area contributed by atoms with Crippen LogP contribution in [0.2, 0.25) is 0 Å². The van der Waals surface area contributed by atoms with E-state index in [-0.39, 0.29) is 43.1 Å². The van der Waals surface area contributed by atoms with Gasteiger partial charge in [0.15, 0.2) is 17.5 Å². The highest BCUT2D eigenvalue weighted by atomic mass is 127. The molecule has 166 valence electrons. The molecule has 0 aliphatic carbocycles. The maximum absolute atomic E-state index is 12.8. The number of rotatable bonds is 10. The van der Waals surface area contributed by atoms with Crippen molar-refractivity contribution in [2.75, 3.05) is 33.0 Å². The van der Waals surface area contributed by atoms with E-state index >= 15 is 0 Å². The number of fused-ring (bicyclic) bond motifs is 1. The number of nitrogens with zero attached hydrogens (tertiary/aromatic N) is 2. The number of aliphatic imine (C=N–C) groups is 1. The first-order valence-corrected chi connectivity index (χ1v) is 9.58. The second-order valence-electron chi connectivity index (χ2n) is 6.54. The maximum Gasteiger partial charge on any atom is 0.387 e. The second-order valence-corrected chi connectivity index (χ2v) is 6.54. The molecule has 0 aromatic heterocycles. The Bertz CT molecular complexity index is 663. The molecule has 1 aromatic carbocycles. The molecule has 1 aliphatic rings. The molecule has 0 saturated carbocycles. The lowest BCUT2D eigenvalue weighted by Crippen LogP contribution is -2.43. The van der Waals surface area contributed by atoms with Crippen LogP contribution in [-0.2, 0) is 6.54 Å². The van der Waals surface area contributed by atoms with Gasteiger partial charge in [0.05, 0.1) is 6.54 Å². The monoisotopic (exact) mass is 528 g/mol. The summed E-state index contributed by atoms with van der Waals surface area (Å²) in [6.45, 7) is 8.97. The Labute approximate surface area is 188 Å². The van der Waals surface area contributed by atoms with Gasteiger partial charge in [0.1, 0.15) is 5.75 Å². The molecule has 0 unspecified atom stereocenters. The molecular formula is C19H31F2IN4O3. The van der Waals surface area contributed by atoms with Gasteiger partial charge < -0.3 is 24.8 Å². The highest BCUT2D eigenvalue weighted by Crippen LogP contribution is 2.38. The molecule has 10 heteroatoms. The summed E-state index contributed by atoms with van der Waals surface area (Å²) in [5.74, 6) is 1.54. The molecule has 2 N–H and O–H groups in total. The van der Waals surface area contributed by atoms with E-state index in [1.807, 2.05) is 6.92 Å². The van der Waals surface area contributed by atoms with Crippen LogP contribution in [-0.4, -0.2) is 56.5 Å². The van der Waals surface area contributed by atoms with Gasteiger partial charge in [0, 0.05) is 37.3 Å². The van der Waals surface area contributed by atoms with Crippen molar-refractivity contribution in [3.8, 4) is 17.2 Å². The summed E-state index contributed by atoms with van der Waals surface area (Å²) in [4.78, 5) is 6.84. The fraction of sp³-hybridized carbons (Fsp3) is 0.632. The first-order chi connectivity index (χ1) is 13.4. The van der Waals surface area contributed by atoms with Crippen LogP contribution in [0.15, 0.2) is 17.1 Å². The number of guanidine groups is 1. The van der Waals surface area contributed by atoms with Crippen molar-refractivity contribution < 1.29 is 23.0 Å². The number of hydrogen-bond acceptors (Lipinski definition) is 5. The molecule has 0 spiro atoms. The van der Waals surface area contributed by atoms with Gasteiger partial charge in [-0.05, 0) is 33.4 Å². The first kappa shape index (κ1) is 25.5. The normalized spacial score (nSPS) is 13.1. The highest BCUT2D eigenvalue weighted by Gasteiger charge is 2.20. The molecule has 0 fully saturated rings. The van der Waals surface area contributed by atoms with Gasteiger partial charge in [-0.1, -0.05) is 6.92 Å². The molecule has 29 heavy (non-hydrogen) atoms. The molecule has 0 atom stereocenters. The SMILES string of the molecule is CCNC(=NCc1cc2c(cc1OC(F)F)OCO2)NCCN(CC)C(C)C.I. The van der Waals surface area contributed by atoms with Crippen LogP contribution in [0.1, 0.15) is 33.3 Å². The standard InChI is InChI=1S/C19H30F2N4O3.HI/c1-5-22-19(23-7-8-25(6-2)13(3)4)24-11-14-9-16-17(27-12-26-16)10-15(14)28-18(20)21;/h9-10,13,18H,5-8,11-12H2,1-4H3,(H2,22,23,24);1H. The molecule has 1 aliphatic heterocycles. The molecule has 0 saturated heterocycles. The molecule has 0 bridgehead atoms. The average molecular weight is 528 g/mol.